The molecule has 0 unspecified atom stereocenters. The maximum absolute atomic E-state index is 12.5. The fourth-order valence-corrected chi connectivity index (χ4v) is 2.62. The summed E-state index contributed by atoms with van der Waals surface area (Å²) in [6, 6.07) is 18.7. The lowest BCUT2D eigenvalue weighted by Crippen LogP contribution is -2.23. The highest BCUT2D eigenvalue weighted by Gasteiger charge is 2.11. The van der Waals surface area contributed by atoms with Crippen molar-refractivity contribution < 1.29 is 14.4 Å². The van der Waals surface area contributed by atoms with E-state index in [1.165, 1.54) is 13.0 Å². The molecule has 0 radical (unpaired) electrons. The van der Waals surface area contributed by atoms with Gasteiger partial charge in [0.05, 0.1) is 12.2 Å². The average Bonchev–Trinajstić information content (AvgIpc) is 2.74. The normalized spacial score (nSPS) is 10.1. The lowest BCUT2D eigenvalue weighted by Gasteiger charge is -2.09. The third-order valence-electron chi connectivity index (χ3n) is 4.01. The smallest absolute Gasteiger partial charge is 0.255 e. The van der Waals surface area contributed by atoms with E-state index < -0.39 is 0 Å². The Morgan fingerprint density at radius 3 is 2.07 bits per heavy atom. The minimum Gasteiger partial charge on any atom is -0.346 e. The Labute approximate surface area is 168 Å². The zero-order valence-corrected chi connectivity index (χ0v) is 15.8. The molecule has 146 valence electrons. The summed E-state index contributed by atoms with van der Waals surface area (Å²) in [7, 11) is 0. The Hall–Kier alpha value is -4.00. The number of hydrogen-bond acceptors (Lipinski definition) is 4. The second kappa shape index (κ2) is 9.27. The number of pyridine rings is 1. The molecule has 29 heavy (non-hydrogen) atoms. The van der Waals surface area contributed by atoms with Crippen molar-refractivity contribution in [1.29, 1.82) is 0 Å². The number of anilines is 2. The van der Waals surface area contributed by atoms with E-state index in [1.54, 1.807) is 54.7 Å². The van der Waals surface area contributed by atoms with Crippen LogP contribution >= 0.6 is 0 Å². The number of nitrogens with one attached hydrogen (secondary N) is 3. The molecular weight excluding hydrogens is 368 g/mol. The molecule has 3 rings (SSSR count). The predicted octanol–water partition coefficient (Wildman–Crippen LogP) is 3.22. The molecule has 0 saturated carbocycles. The highest BCUT2D eigenvalue weighted by atomic mass is 16.2. The Kier molecular flexibility index (Phi) is 6.32. The van der Waals surface area contributed by atoms with Gasteiger partial charge in [-0.25, -0.2) is 0 Å². The maximum atomic E-state index is 12.5. The number of carbonyl (C=O) groups is 3. The Morgan fingerprint density at radius 1 is 0.793 bits per heavy atom. The van der Waals surface area contributed by atoms with E-state index in [0.717, 1.165) is 5.69 Å². The number of rotatable bonds is 6. The summed E-state index contributed by atoms with van der Waals surface area (Å²) in [5.74, 6) is -0.790. The molecule has 3 aromatic rings. The molecule has 0 aliphatic heterocycles. The monoisotopic (exact) mass is 388 g/mol. The number of nitrogens with zero attached hydrogens (tertiary/aromatic N) is 1. The number of amides is 3. The summed E-state index contributed by atoms with van der Waals surface area (Å²) >= 11 is 0. The van der Waals surface area contributed by atoms with Crippen LogP contribution in [-0.2, 0) is 11.3 Å². The van der Waals surface area contributed by atoms with Crippen molar-refractivity contribution >= 4 is 29.1 Å². The molecule has 0 saturated heterocycles. The highest BCUT2D eigenvalue weighted by molar-refractivity contribution is 6.06. The first-order valence-corrected chi connectivity index (χ1v) is 8.98. The molecule has 0 aliphatic rings. The minimum atomic E-state index is -0.336. The molecule has 0 aliphatic carbocycles. The summed E-state index contributed by atoms with van der Waals surface area (Å²) in [4.78, 5) is 40.1. The van der Waals surface area contributed by atoms with Crippen LogP contribution in [0.1, 0.15) is 33.3 Å². The Morgan fingerprint density at radius 2 is 1.45 bits per heavy atom. The van der Waals surface area contributed by atoms with E-state index in [-0.39, 0.29) is 17.7 Å². The average molecular weight is 388 g/mol. The first kappa shape index (κ1) is 19.8. The molecule has 1 heterocycles. The predicted molar refractivity (Wildman–Crippen MR) is 111 cm³/mol. The lowest BCUT2D eigenvalue weighted by atomic mass is 10.1. The van der Waals surface area contributed by atoms with E-state index in [9.17, 15) is 14.4 Å². The van der Waals surface area contributed by atoms with Gasteiger partial charge in [-0.2, -0.15) is 0 Å². The second-order valence-electron chi connectivity index (χ2n) is 6.30. The number of benzene rings is 2. The van der Waals surface area contributed by atoms with Crippen molar-refractivity contribution in [2.45, 2.75) is 13.5 Å². The van der Waals surface area contributed by atoms with Gasteiger partial charge < -0.3 is 16.0 Å². The minimum absolute atomic E-state index is 0.167. The standard InChI is InChI=1S/C22H20N4O3/c1-15(27)25-18-8-10-19(11-9-18)26-22(29)17-6-4-5-16(13-17)21(28)24-14-20-7-2-3-12-23-20/h2-13H,14H2,1H3,(H,24,28)(H,25,27)(H,26,29). The van der Waals surface area contributed by atoms with Crippen molar-refractivity contribution in [1.82, 2.24) is 10.3 Å². The fraction of sp³-hybridized carbons (Fsp3) is 0.0909. The van der Waals surface area contributed by atoms with Gasteiger partial charge >= 0.3 is 0 Å². The van der Waals surface area contributed by atoms with Crippen molar-refractivity contribution in [2.75, 3.05) is 10.6 Å². The molecule has 7 heteroatoms. The summed E-state index contributed by atoms with van der Waals surface area (Å²) in [6.07, 6.45) is 1.66. The molecular formula is C22H20N4O3. The van der Waals surface area contributed by atoms with Crippen LogP contribution in [0.5, 0.6) is 0 Å². The summed E-state index contributed by atoms with van der Waals surface area (Å²) < 4.78 is 0. The van der Waals surface area contributed by atoms with Crippen LogP contribution < -0.4 is 16.0 Å². The van der Waals surface area contributed by atoms with Crippen LogP contribution in [0.2, 0.25) is 0 Å². The van der Waals surface area contributed by atoms with E-state index in [1.807, 2.05) is 12.1 Å². The van der Waals surface area contributed by atoms with Gasteiger partial charge in [0.25, 0.3) is 11.8 Å². The van der Waals surface area contributed by atoms with E-state index in [2.05, 4.69) is 20.9 Å². The molecule has 0 spiro atoms. The van der Waals surface area contributed by atoms with Gasteiger partial charge in [0.2, 0.25) is 5.91 Å². The quantitative estimate of drug-likeness (QED) is 0.604. The van der Waals surface area contributed by atoms with Gasteiger partial charge in [0.1, 0.15) is 0 Å². The van der Waals surface area contributed by atoms with Crippen LogP contribution in [0.4, 0.5) is 11.4 Å². The van der Waals surface area contributed by atoms with Crippen molar-refractivity contribution in [3.63, 3.8) is 0 Å². The molecule has 3 amide bonds. The van der Waals surface area contributed by atoms with E-state index >= 15 is 0 Å². The van der Waals surface area contributed by atoms with Crippen molar-refractivity contribution in [3.05, 3.63) is 89.7 Å². The third-order valence-corrected chi connectivity index (χ3v) is 4.01. The largest absolute Gasteiger partial charge is 0.346 e. The van der Waals surface area contributed by atoms with Crippen LogP contribution in [0.25, 0.3) is 0 Å². The zero-order valence-electron chi connectivity index (χ0n) is 15.8. The van der Waals surface area contributed by atoms with Crippen LogP contribution in [0.3, 0.4) is 0 Å². The number of aromatic nitrogens is 1. The number of hydrogen-bond donors (Lipinski definition) is 3. The first-order valence-electron chi connectivity index (χ1n) is 8.98. The van der Waals surface area contributed by atoms with Gasteiger partial charge in [-0.3, -0.25) is 19.4 Å². The van der Waals surface area contributed by atoms with Gasteiger partial charge in [-0.1, -0.05) is 12.1 Å². The summed E-state index contributed by atoms with van der Waals surface area (Å²) in [5, 5.41) is 8.21. The van der Waals surface area contributed by atoms with E-state index in [0.29, 0.717) is 29.0 Å². The van der Waals surface area contributed by atoms with Gasteiger partial charge in [0, 0.05) is 35.6 Å². The molecule has 0 atom stereocenters. The SMILES string of the molecule is CC(=O)Nc1ccc(NC(=O)c2cccc(C(=O)NCc3ccccn3)c2)cc1. The molecule has 2 aromatic carbocycles. The lowest BCUT2D eigenvalue weighted by molar-refractivity contribution is -0.114. The van der Waals surface area contributed by atoms with Gasteiger partial charge in [0.15, 0.2) is 0 Å². The Bertz CT molecular complexity index is 1020. The maximum Gasteiger partial charge on any atom is 0.255 e. The van der Waals surface area contributed by atoms with Crippen LogP contribution in [0.15, 0.2) is 72.9 Å². The third kappa shape index (κ3) is 5.74. The van der Waals surface area contributed by atoms with Crippen LogP contribution in [0, 0.1) is 0 Å². The molecule has 3 N–H and O–H groups in total. The summed E-state index contributed by atoms with van der Waals surface area (Å²) in [6.45, 7) is 1.73. The van der Waals surface area contributed by atoms with Crippen LogP contribution in [-0.4, -0.2) is 22.7 Å². The molecule has 0 fully saturated rings. The summed E-state index contributed by atoms with van der Waals surface area (Å²) in [5.41, 5.74) is 2.71. The Balaban J connectivity index is 1.62. The first-order chi connectivity index (χ1) is 14.0. The van der Waals surface area contributed by atoms with Gasteiger partial charge in [-0.05, 0) is 54.6 Å². The van der Waals surface area contributed by atoms with E-state index in [4.69, 9.17) is 0 Å². The number of carbonyl (C=O) groups excluding carboxylic acids is 3. The van der Waals surface area contributed by atoms with Crippen molar-refractivity contribution in [2.24, 2.45) is 0 Å². The second-order valence-corrected chi connectivity index (χ2v) is 6.30. The molecule has 0 bridgehead atoms. The molecule has 7 nitrogen and oxygen atoms in total. The van der Waals surface area contributed by atoms with Crippen molar-refractivity contribution in [3.8, 4) is 0 Å². The van der Waals surface area contributed by atoms with Gasteiger partial charge in [-0.15, -0.1) is 0 Å². The zero-order chi connectivity index (χ0) is 20.6. The fourth-order valence-electron chi connectivity index (χ4n) is 2.62. The highest BCUT2D eigenvalue weighted by Crippen LogP contribution is 2.15. The topological polar surface area (TPSA) is 100 Å². The molecule has 1 aromatic heterocycles.